The molecule has 2 aromatic carbocycles. The number of furan rings is 1. The number of aliphatic hydroxyl groups excluding tert-OH is 1. The minimum Gasteiger partial charge on any atom is -0.504 e. The number of piperazine rings is 1. The molecule has 3 aromatic rings. The van der Waals surface area contributed by atoms with Gasteiger partial charge in [-0.15, -0.1) is 11.8 Å². The van der Waals surface area contributed by atoms with E-state index in [2.05, 4.69) is 28.1 Å². The Morgan fingerprint density at radius 2 is 1.93 bits per heavy atom. The first-order valence-corrected chi connectivity index (χ1v) is 20.6. The molecule has 10 atom stereocenters. The number of phenols is 1. The second-order valence-electron chi connectivity index (χ2n) is 16.8. The molecule has 2 bridgehead atoms. The Morgan fingerprint density at radius 1 is 1.12 bits per heavy atom. The van der Waals surface area contributed by atoms with Crippen LogP contribution in [0.1, 0.15) is 61.2 Å². The first-order chi connectivity index (χ1) is 27.4. The number of benzene rings is 2. The van der Waals surface area contributed by atoms with E-state index >= 15 is 0 Å². The quantitative estimate of drug-likeness (QED) is 0.328. The zero-order valence-electron chi connectivity index (χ0n) is 32.5. The standard InChI is InChI=1S/C42H45N3O11S/c1-17-11-23-27(32(47)33(17)51-6)30-31-37-29-28(36-35(53-16-54-36)18(2)34(29)55-19(3)46)25(44(31)39(48)24-13-41(23,4)45(24)30)14-52-40(49)42(15-57-37)38-21(9-10-43-42)22-12-20(50-5)7-8-26(22)56-38/h7-8,11-12,24-25,30-31,35-37,39,43,47-48H,9-10,13-16H2,1-6H3/t24-,25?,30+,31?,35?,36?,37+,39-,41+,42+/m0/s1. The molecule has 300 valence electrons. The lowest BCUT2D eigenvalue weighted by Gasteiger charge is -2.67. The molecular weight excluding hydrogens is 755 g/mol. The van der Waals surface area contributed by atoms with Gasteiger partial charge in [0.15, 0.2) is 17.0 Å². The van der Waals surface area contributed by atoms with E-state index in [0.717, 1.165) is 44.4 Å². The summed E-state index contributed by atoms with van der Waals surface area (Å²) in [6, 6.07) is 5.82. The van der Waals surface area contributed by atoms with Crippen molar-refractivity contribution in [1.82, 2.24) is 15.1 Å². The largest absolute Gasteiger partial charge is 0.504 e. The monoisotopic (exact) mass is 799 g/mol. The third-order valence-corrected chi connectivity index (χ3v) is 15.5. The fraction of sp³-hybridized carbons (Fsp3) is 0.524. The van der Waals surface area contributed by atoms with Gasteiger partial charge in [0, 0.05) is 58.5 Å². The van der Waals surface area contributed by atoms with Gasteiger partial charge in [-0.2, -0.15) is 0 Å². The molecule has 4 fully saturated rings. The summed E-state index contributed by atoms with van der Waals surface area (Å²) in [5, 5.41) is 28.7. The Bertz CT molecular complexity index is 2370. The number of aliphatic hydroxyl groups is 1. The molecule has 9 aliphatic rings. The molecule has 3 N–H and O–H groups in total. The Kier molecular flexibility index (Phi) is 7.73. The number of nitrogens with zero attached hydrogens (tertiary/aromatic N) is 2. The van der Waals surface area contributed by atoms with Crippen molar-refractivity contribution in [1.29, 1.82) is 0 Å². The van der Waals surface area contributed by atoms with Gasteiger partial charge in [-0.1, -0.05) is 0 Å². The van der Waals surface area contributed by atoms with Crippen molar-refractivity contribution in [3.63, 3.8) is 0 Å². The maximum atomic E-state index is 14.9. The molecule has 1 spiro atoms. The number of aromatic hydroxyl groups is 1. The van der Waals surface area contributed by atoms with E-state index < -0.39 is 64.8 Å². The molecule has 0 radical (unpaired) electrons. The Balaban J connectivity index is 1.15. The van der Waals surface area contributed by atoms with Crippen LogP contribution in [-0.2, 0) is 46.0 Å². The number of esters is 2. The number of carbonyl (C=O) groups excluding carboxylic acids is 2. The number of hydrogen-bond acceptors (Lipinski definition) is 15. The van der Waals surface area contributed by atoms with Crippen LogP contribution in [-0.4, -0.2) is 114 Å². The first-order valence-electron chi connectivity index (χ1n) is 19.6. The number of aryl methyl sites for hydroxylation is 1. The molecule has 57 heavy (non-hydrogen) atoms. The number of methoxy groups -OCH3 is 2. The highest BCUT2D eigenvalue weighted by Gasteiger charge is 2.71. The second-order valence-corrected chi connectivity index (χ2v) is 17.9. The molecular formula is C42H45N3O11S. The van der Waals surface area contributed by atoms with E-state index in [-0.39, 0.29) is 30.9 Å². The van der Waals surface area contributed by atoms with E-state index in [0.29, 0.717) is 48.0 Å². The van der Waals surface area contributed by atoms with E-state index in [1.807, 2.05) is 32.0 Å². The number of carbonyl (C=O) groups is 2. The predicted octanol–water partition coefficient (Wildman–Crippen LogP) is 3.78. The van der Waals surface area contributed by atoms with Crippen LogP contribution in [0.2, 0.25) is 0 Å². The van der Waals surface area contributed by atoms with Crippen LogP contribution in [0, 0.1) is 6.92 Å². The van der Waals surface area contributed by atoms with Crippen LogP contribution in [0.4, 0.5) is 0 Å². The SMILES string of the molecule is COc1ccc2oc3c(c2c1)CCN[C@]31CS[C@@H]2C3=C(C4OCOC4C(C)=C3OC(C)=O)C(COC1=O)N1C2[C@H]2c3c(cc(C)c(OC)c3O)[C@@]3(C)C[C@@H]([C@@H]1O)N23. The van der Waals surface area contributed by atoms with Crippen molar-refractivity contribution in [3.05, 3.63) is 74.8 Å². The summed E-state index contributed by atoms with van der Waals surface area (Å²) >= 11 is 1.53. The van der Waals surface area contributed by atoms with Gasteiger partial charge in [0.25, 0.3) is 0 Å². The molecule has 14 nitrogen and oxygen atoms in total. The molecule has 15 heteroatoms. The van der Waals surface area contributed by atoms with E-state index in [1.54, 1.807) is 14.2 Å². The second kappa shape index (κ2) is 12.2. The number of allylic oxidation sites excluding steroid dienone is 1. The summed E-state index contributed by atoms with van der Waals surface area (Å²) < 4.78 is 43.2. The number of thioether (sulfide) groups is 1. The molecule has 8 aliphatic heterocycles. The van der Waals surface area contributed by atoms with Crippen molar-refractivity contribution in [2.45, 2.75) is 99.5 Å². The minimum absolute atomic E-state index is 0.0253. The summed E-state index contributed by atoms with van der Waals surface area (Å²) in [5.74, 6) is 1.30. The summed E-state index contributed by atoms with van der Waals surface area (Å²) in [5.41, 5.74) is 4.57. The number of rotatable bonds is 3. The maximum Gasteiger partial charge on any atom is 0.335 e. The van der Waals surface area contributed by atoms with Crippen molar-refractivity contribution in [2.24, 2.45) is 0 Å². The van der Waals surface area contributed by atoms with Crippen LogP contribution < -0.4 is 14.8 Å². The minimum atomic E-state index is -1.38. The predicted molar refractivity (Wildman–Crippen MR) is 205 cm³/mol. The van der Waals surface area contributed by atoms with Gasteiger partial charge in [-0.05, 0) is 74.6 Å². The lowest BCUT2D eigenvalue weighted by Crippen LogP contribution is -2.78. The molecule has 4 saturated heterocycles. The third-order valence-electron chi connectivity index (χ3n) is 14.1. The zero-order valence-corrected chi connectivity index (χ0v) is 33.4. The summed E-state index contributed by atoms with van der Waals surface area (Å²) in [6.07, 6.45) is -0.807. The van der Waals surface area contributed by atoms with Crippen LogP contribution in [0.3, 0.4) is 0 Å². The smallest absolute Gasteiger partial charge is 0.335 e. The fourth-order valence-corrected chi connectivity index (χ4v) is 13.5. The van der Waals surface area contributed by atoms with Crippen molar-refractivity contribution in [2.75, 3.05) is 39.9 Å². The molecule has 12 rings (SSSR count). The topological polar surface area (TPSA) is 162 Å². The maximum absolute atomic E-state index is 14.9. The number of fused-ring (bicyclic) bond motifs is 10. The van der Waals surface area contributed by atoms with Gasteiger partial charge in [0.1, 0.15) is 54.7 Å². The number of ether oxygens (including phenoxy) is 6. The average molecular weight is 800 g/mol. The zero-order chi connectivity index (χ0) is 39.4. The lowest BCUT2D eigenvalue weighted by atomic mass is 9.70. The van der Waals surface area contributed by atoms with E-state index in [4.69, 9.17) is 32.8 Å². The normalized spacial score (nSPS) is 36.5. The van der Waals surface area contributed by atoms with Gasteiger partial charge in [-0.3, -0.25) is 19.9 Å². The van der Waals surface area contributed by atoms with Crippen LogP contribution in [0.5, 0.6) is 17.2 Å². The van der Waals surface area contributed by atoms with Crippen LogP contribution in [0.25, 0.3) is 11.0 Å². The lowest BCUT2D eigenvalue weighted by molar-refractivity contribution is -0.244. The van der Waals surface area contributed by atoms with E-state index in [1.165, 1.54) is 18.7 Å². The molecule has 1 aromatic heterocycles. The Morgan fingerprint density at radius 3 is 2.70 bits per heavy atom. The summed E-state index contributed by atoms with van der Waals surface area (Å²) in [7, 11) is 3.18. The average Bonchev–Trinajstić information content (AvgIpc) is 3.88. The number of phenolic OH excluding ortho intramolecular Hbond substituents is 1. The van der Waals surface area contributed by atoms with Crippen molar-refractivity contribution >= 4 is 34.7 Å². The molecule has 0 amide bonds. The van der Waals surface area contributed by atoms with Crippen LogP contribution >= 0.6 is 11.8 Å². The Hall–Kier alpha value is -4.09. The first kappa shape index (κ1) is 36.0. The molecule has 4 unspecified atom stereocenters. The number of nitrogens with one attached hydrogen (secondary N) is 1. The summed E-state index contributed by atoms with van der Waals surface area (Å²) in [6.45, 7) is 7.79. The highest BCUT2D eigenvalue weighted by molar-refractivity contribution is 8.00. The van der Waals surface area contributed by atoms with E-state index in [9.17, 15) is 19.8 Å². The molecule has 1 aliphatic carbocycles. The third kappa shape index (κ3) is 4.48. The fourth-order valence-electron chi connectivity index (χ4n) is 11.8. The molecule has 0 saturated carbocycles. The highest BCUT2D eigenvalue weighted by atomic mass is 32.2. The van der Waals surface area contributed by atoms with Crippen molar-refractivity contribution in [3.8, 4) is 17.2 Å². The van der Waals surface area contributed by atoms with Gasteiger partial charge in [0.05, 0.1) is 37.6 Å². The van der Waals surface area contributed by atoms with Crippen molar-refractivity contribution < 1.29 is 52.6 Å². The Labute approximate surface area is 333 Å². The van der Waals surface area contributed by atoms with Crippen LogP contribution in [0.15, 0.2) is 51.2 Å². The number of hydrogen-bond donors (Lipinski definition) is 3. The van der Waals surface area contributed by atoms with Gasteiger partial charge in [0.2, 0.25) is 0 Å². The van der Waals surface area contributed by atoms with Gasteiger partial charge in [-0.25, -0.2) is 4.79 Å². The summed E-state index contributed by atoms with van der Waals surface area (Å²) in [4.78, 5) is 32.3. The molecule has 9 heterocycles. The highest BCUT2D eigenvalue weighted by Crippen LogP contribution is 2.68. The van der Waals surface area contributed by atoms with Gasteiger partial charge < -0.3 is 43.1 Å². The van der Waals surface area contributed by atoms with Gasteiger partial charge >= 0.3 is 11.9 Å².